The Morgan fingerprint density at radius 3 is 2.61 bits per heavy atom. The second kappa shape index (κ2) is 5.54. The summed E-state index contributed by atoms with van der Waals surface area (Å²) in [7, 11) is 4.27. The molecule has 2 atom stereocenters. The van der Waals surface area contributed by atoms with Gasteiger partial charge in [-0.1, -0.05) is 12.1 Å². The highest BCUT2D eigenvalue weighted by Crippen LogP contribution is 2.45. The number of nitrogens with zero attached hydrogens (tertiary/aromatic N) is 1. The molecule has 0 aliphatic carbocycles. The summed E-state index contributed by atoms with van der Waals surface area (Å²) in [6.07, 6.45) is 1.22. The van der Waals surface area contributed by atoms with Gasteiger partial charge in [0.05, 0.1) is 5.69 Å². The fraction of sp³-hybridized carbons (Fsp3) is 0.600. The molecule has 0 radical (unpaired) electrons. The topological polar surface area (TPSA) is 15.3 Å². The largest absolute Gasteiger partial charge is 0.370 e. The van der Waals surface area contributed by atoms with Crippen molar-refractivity contribution in [3.63, 3.8) is 0 Å². The fourth-order valence-electron chi connectivity index (χ4n) is 2.65. The molecule has 3 heteroatoms. The lowest BCUT2D eigenvalue weighted by Crippen LogP contribution is -2.42. The van der Waals surface area contributed by atoms with E-state index in [1.54, 1.807) is 0 Å². The van der Waals surface area contributed by atoms with Crippen LogP contribution in [-0.2, 0) is 0 Å². The Kier molecular flexibility index (Phi) is 4.23. The molecule has 1 aromatic carbocycles. The molecule has 18 heavy (non-hydrogen) atoms. The van der Waals surface area contributed by atoms with Crippen molar-refractivity contribution in [1.82, 2.24) is 5.32 Å². The number of rotatable bonds is 3. The van der Waals surface area contributed by atoms with E-state index in [1.807, 2.05) is 7.05 Å². The number of benzene rings is 1. The number of aryl methyl sites for hydroxylation is 2. The Morgan fingerprint density at radius 2 is 1.94 bits per heavy atom. The van der Waals surface area contributed by atoms with Crippen molar-refractivity contribution in [2.45, 2.75) is 43.4 Å². The van der Waals surface area contributed by atoms with Gasteiger partial charge >= 0.3 is 0 Å². The van der Waals surface area contributed by atoms with E-state index in [4.69, 9.17) is 0 Å². The zero-order valence-electron chi connectivity index (χ0n) is 12.1. The summed E-state index contributed by atoms with van der Waals surface area (Å²) in [5.41, 5.74) is 4.24. The van der Waals surface area contributed by atoms with E-state index in [1.165, 1.54) is 28.1 Å². The lowest BCUT2D eigenvalue weighted by atomic mass is 10.1. The quantitative estimate of drug-likeness (QED) is 0.902. The van der Waals surface area contributed by atoms with Crippen LogP contribution in [0, 0.1) is 13.8 Å². The lowest BCUT2D eigenvalue weighted by molar-refractivity contribution is 0.581. The average Bonchev–Trinajstić information content (AvgIpc) is 2.36. The highest BCUT2D eigenvalue weighted by atomic mass is 32.2. The highest BCUT2D eigenvalue weighted by molar-refractivity contribution is 8.00. The van der Waals surface area contributed by atoms with E-state index in [0.29, 0.717) is 11.3 Å². The highest BCUT2D eigenvalue weighted by Gasteiger charge is 2.31. The van der Waals surface area contributed by atoms with Crippen LogP contribution in [0.2, 0.25) is 0 Å². The van der Waals surface area contributed by atoms with Gasteiger partial charge in [0.25, 0.3) is 0 Å². The standard InChI is InChI=1S/C15H24N2S/c1-10-6-7-11(2)15-14(10)17(5)12(3)13(18-15)8-9-16-4/h6-7,12-13,16H,8-9H2,1-5H3. The smallest absolute Gasteiger partial charge is 0.0537 e. The molecule has 2 unspecified atom stereocenters. The van der Waals surface area contributed by atoms with Gasteiger partial charge in [-0.05, 0) is 51.9 Å². The molecular weight excluding hydrogens is 240 g/mol. The molecule has 2 rings (SSSR count). The predicted molar refractivity (Wildman–Crippen MR) is 82.0 cm³/mol. The minimum atomic E-state index is 0.594. The summed E-state index contributed by atoms with van der Waals surface area (Å²) in [5, 5.41) is 3.94. The van der Waals surface area contributed by atoms with Gasteiger partial charge in [-0.15, -0.1) is 11.8 Å². The molecule has 0 saturated heterocycles. The van der Waals surface area contributed by atoms with Gasteiger partial charge in [0, 0.05) is 23.2 Å². The normalized spacial score (nSPS) is 23.1. The third kappa shape index (κ3) is 2.39. The Morgan fingerprint density at radius 1 is 1.28 bits per heavy atom. The summed E-state index contributed by atoms with van der Waals surface area (Å²) < 4.78 is 0. The van der Waals surface area contributed by atoms with Crippen molar-refractivity contribution in [3.05, 3.63) is 23.3 Å². The van der Waals surface area contributed by atoms with Crippen LogP contribution in [0.15, 0.2) is 17.0 Å². The maximum absolute atomic E-state index is 3.27. The summed E-state index contributed by atoms with van der Waals surface area (Å²) in [6, 6.07) is 5.09. The van der Waals surface area contributed by atoms with Crippen LogP contribution < -0.4 is 10.2 Å². The molecule has 0 amide bonds. The van der Waals surface area contributed by atoms with Crippen molar-refractivity contribution in [3.8, 4) is 0 Å². The summed E-state index contributed by atoms with van der Waals surface area (Å²) in [6.45, 7) is 7.88. The number of fused-ring (bicyclic) bond motifs is 1. The van der Waals surface area contributed by atoms with Gasteiger partial charge < -0.3 is 10.2 Å². The Hall–Kier alpha value is -0.670. The van der Waals surface area contributed by atoms with E-state index in [9.17, 15) is 0 Å². The van der Waals surface area contributed by atoms with E-state index in [2.05, 4.69) is 61.9 Å². The molecule has 1 N–H and O–H groups in total. The number of hydrogen-bond acceptors (Lipinski definition) is 3. The third-order valence-electron chi connectivity index (χ3n) is 3.98. The Bertz CT molecular complexity index is 431. The first kappa shape index (κ1) is 13.8. The summed E-state index contributed by atoms with van der Waals surface area (Å²) in [4.78, 5) is 3.95. The van der Waals surface area contributed by atoms with Crippen LogP contribution in [0.1, 0.15) is 24.5 Å². The van der Waals surface area contributed by atoms with Gasteiger partial charge in [0.1, 0.15) is 0 Å². The molecule has 1 aliphatic heterocycles. The Labute approximate surface area is 115 Å². The second-order valence-electron chi connectivity index (χ2n) is 5.28. The molecule has 1 aliphatic rings. The number of nitrogens with one attached hydrogen (secondary N) is 1. The first-order valence-electron chi connectivity index (χ1n) is 6.70. The molecule has 0 saturated carbocycles. The van der Waals surface area contributed by atoms with Crippen molar-refractivity contribution in [2.24, 2.45) is 0 Å². The van der Waals surface area contributed by atoms with Gasteiger partial charge in [-0.3, -0.25) is 0 Å². The molecule has 2 nitrogen and oxygen atoms in total. The van der Waals surface area contributed by atoms with E-state index < -0.39 is 0 Å². The maximum atomic E-state index is 3.27. The van der Waals surface area contributed by atoms with Gasteiger partial charge in [0.2, 0.25) is 0 Å². The molecule has 1 aromatic rings. The average molecular weight is 264 g/mol. The molecule has 0 spiro atoms. The van der Waals surface area contributed by atoms with Crippen molar-refractivity contribution >= 4 is 17.4 Å². The Balaban J connectivity index is 2.35. The maximum Gasteiger partial charge on any atom is 0.0537 e. The third-order valence-corrected chi connectivity index (χ3v) is 5.66. The predicted octanol–water partition coefficient (Wildman–Crippen LogP) is 3.21. The minimum Gasteiger partial charge on any atom is -0.370 e. The minimum absolute atomic E-state index is 0.594. The lowest BCUT2D eigenvalue weighted by Gasteiger charge is -2.41. The molecule has 1 heterocycles. The van der Waals surface area contributed by atoms with Crippen LogP contribution >= 0.6 is 11.8 Å². The summed E-state index contributed by atoms with van der Waals surface area (Å²) in [5.74, 6) is 0. The van der Waals surface area contributed by atoms with Crippen LogP contribution in [0.5, 0.6) is 0 Å². The van der Waals surface area contributed by atoms with Crippen LogP contribution in [0.4, 0.5) is 5.69 Å². The van der Waals surface area contributed by atoms with Crippen molar-refractivity contribution in [2.75, 3.05) is 25.5 Å². The second-order valence-corrected chi connectivity index (χ2v) is 6.53. The van der Waals surface area contributed by atoms with Gasteiger partial charge in [0.15, 0.2) is 0 Å². The van der Waals surface area contributed by atoms with Crippen LogP contribution in [0.3, 0.4) is 0 Å². The van der Waals surface area contributed by atoms with Crippen LogP contribution in [-0.4, -0.2) is 31.9 Å². The molecule has 100 valence electrons. The van der Waals surface area contributed by atoms with Crippen molar-refractivity contribution < 1.29 is 0 Å². The zero-order valence-corrected chi connectivity index (χ0v) is 12.9. The first-order chi connectivity index (χ1) is 8.56. The van der Waals surface area contributed by atoms with Gasteiger partial charge in [-0.2, -0.15) is 0 Å². The first-order valence-corrected chi connectivity index (χ1v) is 7.58. The van der Waals surface area contributed by atoms with Crippen molar-refractivity contribution in [1.29, 1.82) is 0 Å². The van der Waals surface area contributed by atoms with E-state index in [-0.39, 0.29) is 0 Å². The van der Waals surface area contributed by atoms with Gasteiger partial charge in [-0.25, -0.2) is 0 Å². The van der Waals surface area contributed by atoms with E-state index in [0.717, 1.165) is 6.54 Å². The number of hydrogen-bond donors (Lipinski definition) is 1. The molecule has 0 aromatic heterocycles. The fourth-order valence-corrected chi connectivity index (χ4v) is 4.24. The number of anilines is 1. The molecule has 0 fully saturated rings. The molecular formula is C15H24N2S. The number of thioether (sulfide) groups is 1. The zero-order chi connectivity index (χ0) is 13.3. The van der Waals surface area contributed by atoms with Crippen LogP contribution in [0.25, 0.3) is 0 Å². The monoisotopic (exact) mass is 264 g/mol. The SMILES string of the molecule is CNCCC1Sc2c(C)ccc(C)c2N(C)C1C. The summed E-state index contributed by atoms with van der Waals surface area (Å²) >= 11 is 2.07. The molecule has 0 bridgehead atoms. The van der Waals surface area contributed by atoms with E-state index >= 15 is 0 Å².